The number of carbonyl (C=O) groups excluding carboxylic acids is 1. The Kier molecular flexibility index (Phi) is 9.07. The van der Waals surface area contributed by atoms with Crippen LogP contribution in [0.25, 0.3) is 5.69 Å². The van der Waals surface area contributed by atoms with Crippen LogP contribution < -0.4 is 10.6 Å². The Bertz CT molecular complexity index is 1650. The number of aryl methyl sites for hydroxylation is 3. The fourth-order valence-corrected chi connectivity index (χ4v) is 5.75. The van der Waals surface area contributed by atoms with Crippen molar-refractivity contribution < 1.29 is 4.79 Å². The number of rotatable bonds is 9. The SMILES string of the molecule is Cc1cccc(CSc2nnc(C(Cc3ccccc3)NC(=O)Nc3ccccc3C)n2-c2cc(Cl)ccc2C)c1. The first-order valence-electron chi connectivity index (χ1n) is 13.4. The molecule has 2 N–H and O–H groups in total. The van der Waals surface area contributed by atoms with Gasteiger partial charge in [0, 0.05) is 22.9 Å². The topological polar surface area (TPSA) is 71.8 Å². The van der Waals surface area contributed by atoms with Crippen LogP contribution in [0.3, 0.4) is 0 Å². The first kappa shape index (κ1) is 28.5. The van der Waals surface area contributed by atoms with Crippen molar-refractivity contribution in [1.29, 1.82) is 0 Å². The highest BCUT2D eigenvalue weighted by atomic mass is 35.5. The summed E-state index contributed by atoms with van der Waals surface area (Å²) in [6, 6.07) is 31.2. The van der Waals surface area contributed by atoms with Crippen LogP contribution in [-0.4, -0.2) is 20.8 Å². The summed E-state index contributed by atoms with van der Waals surface area (Å²) in [5, 5.41) is 16.8. The van der Waals surface area contributed by atoms with Crippen LogP contribution >= 0.6 is 23.4 Å². The second-order valence-corrected chi connectivity index (χ2v) is 11.4. The number of urea groups is 1. The molecule has 1 unspecified atom stereocenters. The van der Waals surface area contributed by atoms with Crippen molar-refractivity contribution in [2.75, 3.05) is 5.32 Å². The molecule has 6 nitrogen and oxygen atoms in total. The zero-order valence-electron chi connectivity index (χ0n) is 23.3. The Morgan fingerprint density at radius 2 is 1.61 bits per heavy atom. The highest BCUT2D eigenvalue weighted by molar-refractivity contribution is 7.98. The molecule has 0 aliphatic rings. The van der Waals surface area contributed by atoms with Gasteiger partial charge in [-0.25, -0.2) is 4.79 Å². The van der Waals surface area contributed by atoms with Gasteiger partial charge in [0.05, 0.1) is 11.7 Å². The quantitative estimate of drug-likeness (QED) is 0.172. The van der Waals surface area contributed by atoms with Gasteiger partial charge in [0.15, 0.2) is 11.0 Å². The molecule has 5 aromatic rings. The number of carbonyl (C=O) groups is 1. The standard InChI is InChI=1S/C33H32ClN5OS/c1-22-10-9-14-26(18-22)21-41-33-38-37-31(39(33)30-20-27(34)17-16-24(30)3)29(19-25-12-5-4-6-13-25)36-32(40)35-28-15-8-7-11-23(28)2/h4-18,20,29H,19,21H2,1-3H3,(H2,35,36,40). The van der Waals surface area contributed by atoms with E-state index in [-0.39, 0.29) is 6.03 Å². The van der Waals surface area contributed by atoms with Crippen LogP contribution in [0, 0.1) is 20.8 Å². The predicted molar refractivity (Wildman–Crippen MR) is 168 cm³/mol. The van der Waals surface area contributed by atoms with Gasteiger partial charge in [0.1, 0.15) is 0 Å². The summed E-state index contributed by atoms with van der Waals surface area (Å²) in [4.78, 5) is 13.4. The van der Waals surface area contributed by atoms with Crippen LogP contribution in [0.4, 0.5) is 10.5 Å². The van der Waals surface area contributed by atoms with Crippen molar-refractivity contribution in [3.63, 3.8) is 0 Å². The fraction of sp³-hybridized carbons (Fsp3) is 0.182. The maximum absolute atomic E-state index is 13.4. The molecule has 8 heteroatoms. The van der Waals surface area contributed by atoms with Crippen molar-refractivity contribution >= 4 is 35.1 Å². The van der Waals surface area contributed by atoms with E-state index in [9.17, 15) is 4.79 Å². The molecule has 0 aliphatic heterocycles. The molecular weight excluding hydrogens is 550 g/mol. The first-order chi connectivity index (χ1) is 19.9. The molecular formula is C33H32ClN5OS. The van der Waals surface area contributed by atoms with Gasteiger partial charge in [-0.2, -0.15) is 0 Å². The molecule has 1 aromatic heterocycles. The van der Waals surface area contributed by atoms with E-state index in [4.69, 9.17) is 11.6 Å². The number of nitrogens with zero attached hydrogens (tertiary/aromatic N) is 3. The molecule has 1 heterocycles. The molecule has 0 saturated carbocycles. The fourth-order valence-electron chi connectivity index (χ4n) is 4.69. The number of nitrogens with one attached hydrogen (secondary N) is 2. The molecule has 5 rings (SSSR count). The smallest absolute Gasteiger partial charge is 0.319 e. The zero-order valence-corrected chi connectivity index (χ0v) is 24.8. The van der Waals surface area contributed by atoms with Gasteiger partial charge in [0.2, 0.25) is 0 Å². The number of hydrogen-bond acceptors (Lipinski definition) is 4. The van der Waals surface area contributed by atoms with Crippen molar-refractivity contribution in [2.24, 2.45) is 0 Å². The van der Waals surface area contributed by atoms with Crippen LogP contribution in [0.1, 0.15) is 39.7 Å². The van der Waals surface area contributed by atoms with E-state index in [1.54, 1.807) is 11.8 Å². The third-order valence-corrected chi connectivity index (χ3v) is 8.05. The van der Waals surface area contributed by atoms with E-state index in [2.05, 4.69) is 52.0 Å². The van der Waals surface area contributed by atoms with Gasteiger partial charge in [-0.3, -0.25) is 4.57 Å². The average Bonchev–Trinajstić information content (AvgIpc) is 3.38. The van der Waals surface area contributed by atoms with Gasteiger partial charge in [-0.05, 0) is 61.2 Å². The minimum Gasteiger partial charge on any atom is -0.327 e. The number of anilines is 1. The Balaban J connectivity index is 1.54. The third-order valence-electron chi connectivity index (χ3n) is 6.81. The highest BCUT2D eigenvalue weighted by Crippen LogP contribution is 2.31. The van der Waals surface area contributed by atoms with Gasteiger partial charge in [0.25, 0.3) is 0 Å². The van der Waals surface area contributed by atoms with Crippen molar-refractivity contribution in [3.05, 3.63) is 136 Å². The molecule has 1 atom stereocenters. The number of para-hydroxylation sites is 1. The second kappa shape index (κ2) is 13.1. The molecule has 0 aliphatic carbocycles. The molecule has 0 bridgehead atoms. The van der Waals surface area contributed by atoms with E-state index in [1.165, 1.54) is 11.1 Å². The number of hydrogen-bond donors (Lipinski definition) is 2. The highest BCUT2D eigenvalue weighted by Gasteiger charge is 2.26. The van der Waals surface area contributed by atoms with E-state index >= 15 is 0 Å². The monoisotopic (exact) mass is 581 g/mol. The summed E-state index contributed by atoms with van der Waals surface area (Å²) in [7, 11) is 0. The number of benzene rings is 4. The van der Waals surface area contributed by atoms with Crippen LogP contribution in [0.2, 0.25) is 5.02 Å². The maximum atomic E-state index is 13.4. The Labute approximate surface area is 250 Å². The van der Waals surface area contributed by atoms with Crippen molar-refractivity contribution in [1.82, 2.24) is 20.1 Å². The van der Waals surface area contributed by atoms with Gasteiger partial charge < -0.3 is 10.6 Å². The average molecular weight is 582 g/mol. The van der Waals surface area contributed by atoms with Gasteiger partial charge in [-0.15, -0.1) is 10.2 Å². The molecule has 4 aromatic carbocycles. The number of aromatic nitrogens is 3. The predicted octanol–water partition coefficient (Wildman–Crippen LogP) is 8.24. The summed E-state index contributed by atoms with van der Waals surface area (Å²) in [5.41, 5.74) is 7.12. The normalized spacial score (nSPS) is 11.7. The Hall–Kier alpha value is -4.07. The molecule has 208 valence electrons. The molecule has 0 radical (unpaired) electrons. The van der Waals surface area contributed by atoms with E-state index in [0.29, 0.717) is 17.3 Å². The Morgan fingerprint density at radius 1 is 0.854 bits per heavy atom. The maximum Gasteiger partial charge on any atom is 0.319 e. The lowest BCUT2D eigenvalue weighted by atomic mass is 10.0. The van der Waals surface area contributed by atoms with Crippen LogP contribution in [0.5, 0.6) is 0 Å². The minimum absolute atomic E-state index is 0.313. The van der Waals surface area contributed by atoms with Crippen LogP contribution in [-0.2, 0) is 12.2 Å². The minimum atomic E-state index is -0.472. The van der Waals surface area contributed by atoms with E-state index < -0.39 is 6.04 Å². The summed E-state index contributed by atoms with van der Waals surface area (Å²) < 4.78 is 2.03. The van der Waals surface area contributed by atoms with Gasteiger partial charge in [-0.1, -0.05) is 108 Å². The lowest BCUT2D eigenvalue weighted by molar-refractivity contribution is 0.247. The zero-order chi connectivity index (χ0) is 28.8. The summed E-state index contributed by atoms with van der Waals surface area (Å²) in [5.74, 6) is 1.36. The largest absolute Gasteiger partial charge is 0.327 e. The van der Waals surface area contributed by atoms with Gasteiger partial charge >= 0.3 is 6.03 Å². The lowest BCUT2D eigenvalue weighted by Crippen LogP contribution is -2.35. The lowest BCUT2D eigenvalue weighted by Gasteiger charge is -2.22. The third kappa shape index (κ3) is 7.17. The van der Waals surface area contributed by atoms with E-state index in [1.807, 2.05) is 91.2 Å². The summed E-state index contributed by atoms with van der Waals surface area (Å²) in [6.07, 6.45) is 0.530. The summed E-state index contributed by atoms with van der Waals surface area (Å²) in [6.45, 7) is 6.09. The van der Waals surface area contributed by atoms with Crippen LogP contribution in [0.15, 0.2) is 102 Å². The van der Waals surface area contributed by atoms with E-state index in [0.717, 1.165) is 39.0 Å². The first-order valence-corrected chi connectivity index (χ1v) is 14.8. The number of halogens is 1. The number of amides is 2. The number of thioether (sulfide) groups is 1. The molecule has 41 heavy (non-hydrogen) atoms. The molecule has 0 fully saturated rings. The molecule has 0 saturated heterocycles. The summed E-state index contributed by atoms with van der Waals surface area (Å²) >= 11 is 8.09. The molecule has 0 spiro atoms. The van der Waals surface area contributed by atoms with Crippen molar-refractivity contribution in [2.45, 2.75) is 44.1 Å². The second-order valence-electron chi connectivity index (χ2n) is 10.0. The van der Waals surface area contributed by atoms with Crippen molar-refractivity contribution in [3.8, 4) is 5.69 Å². The Morgan fingerprint density at radius 3 is 2.39 bits per heavy atom. The molecule has 2 amide bonds.